The number of methoxy groups -OCH3 is 3. The number of benzene rings is 2. The fraction of sp³-hybridized carbons (Fsp3) is 0.368. The number of anilines is 1. The molecule has 0 aromatic heterocycles. The predicted molar refractivity (Wildman–Crippen MR) is 107 cm³/mol. The van der Waals surface area contributed by atoms with Gasteiger partial charge in [0.2, 0.25) is 0 Å². The number of aryl methyl sites for hydroxylation is 1. The van der Waals surface area contributed by atoms with Gasteiger partial charge in [-0.3, -0.25) is 4.72 Å². The summed E-state index contributed by atoms with van der Waals surface area (Å²) in [5.41, 5.74) is 2.11. The molecule has 0 spiro atoms. The maximum atomic E-state index is 13.1. The van der Waals surface area contributed by atoms with Crippen LogP contribution in [0.3, 0.4) is 0 Å². The maximum Gasteiger partial charge on any atom is 0.265 e. The number of hydrogen-bond acceptors (Lipinski definition) is 5. The molecule has 0 fully saturated rings. The molecule has 0 aliphatic carbocycles. The number of rotatable bonds is 7. The zero-order valence-electron chi connectivity index (χ0n) is 16.2. The zero-order valence-corrected chi connectivity index (χ0v) is 17.8. The summed E-state index contributed by atoms with van der Waals surface area (Å²) in [6.07, 6.45) is 0. The van der Waals surface area contributed by atoms with Crippen LogP contribution in [0.15, 0.2) is 29.2 Å². The molecule has 8 heteroatoms. The minimum Gasteiger partial charge on any atom is -0.495 e. The van der Waals surface area contributed by atoms with E-state index in [1.165, 1.54) is 33.5 Å². The number of hydrogen-bond donors (Lipinski definition) is 1. The van der Waals surface area contributed by atoms with Crippen molar-refractivity contribution < 1.29 is 22.6 Å². The standard InChI is InChI=1S/C19H24ClNO5S/c1-11(2)13-8-19(18(26-6)7-12(13)3)27(22,23)21-15-10-16(24-4)14(20)9-17(15)25-5/h7-11,21H,1-6H3. The van der Waals surface area contributed by atoms with E-state index in [4.69, 9.17) is 25.8 Å². The first kappa shape index (κ1) is 21.2. The van der Waals surface area contributed by atoms with Gasteiger partial charge in [0.15, 0.2) is 0 Å². The second-order valence-corrected chi connectivity index (χ2v) is 8.36. The van der Waals surface area contributed by atoms with E-state index in [1.807, 2.05) is 20.8 Å². The van der Waals surface area contributed by atoms with Crippen LogP contribution in [-0.2, 0) is 10.0 Å². The highest BCUT2D eigenvalue weighted by molar-refractivity contribution is 7.92. The van der Waals surface area contributed by atoms with Crippen LogP contribution in [0.1, 0.15) is 30.9 Å². The third-order valence-corrected chi connectivity index (χ3v) is 5.86. The van der Waals surface area contributed by atoms with Crippen LogP contribution in [0, 0.1) is 6.92 Å². The van der Waals surface area contributed by atoms with Crippen molar-refractivity contribution in [1.82, 2.24) is 0 Å². The molecule has 0 unspecified atom stereocenters. The van der Waals surface area contributed by atoms with Gasteiger partial charge in [0.25, 0.3) is 10.0 Å². The Balaban J connectivity index is 2.59. The van der Waals surface area contributed by atoms with Crippen molar-refractivity contribution in [3.8, 4) is 17.2 Å². The van der Waals surface area contributed by atoms with E-state index in [-0.39, 0.29) is 28.0 Å². The third-order valence-electron chi connectivity index (χ3n) is 4.18. The molecule has 148 valence electrons. The van der Waals surface area contributed by atoms with Crippen LogP contribution >= 0.6 is 11.6 Å². The van der Waals surface area contributed by atoms with Crippen molar-refractivity contribution in [2.24, 2.45) is 0 Å². The number of sulfonamides is 1. The maximum absolute atomic E-state index is 13.1. The van der Waals surface area contributed by atoms with Crippen LogP contribution in [0.2, 0.25) is 5.02 Å². The van der Waals surface area contributed by atoms with Crippen molar-refractivity contribution in [3.05, 3.63) is 40.4 Å². The Hall–Kier alpha value is -2.12. The van der Waals surface area contributed by atoms with E-state index in [0.29, 0.717) is 10.8 Å². The Morgan fingerprint density at radius 1 is 0.926 bits per heavy atom. The number of nitrogens with one attached hydrogen (secondary N) is 1. The summed E-state index contributed by atoms with van der Waals surface area (Å²) < 4.78 is 44.5. The van der Waals surface area contributed by atoms with Crippen LogP contribution in [-0.4, -0.2) is 29.7 Å². The zero-order chi connectivity index (χ0) is 20.4. The molecule has 0 radical (unpaired) electrons. The van der Waals surface area contributed by atoms with Crippen LogP contribution in [0.4, 0.5) is 5.69 Å². The molecular weight excluding hydrogens is 390 g/mol. The average Bonchev–Trinajstić information content (AvgIpc) is 2.61. The van der Waals surface area contributed by atoms with Gasteiger partial charge in [-0.25, -0.2) is 8.42 Å². The van der Waals surface area contributed by atoms with Gasteiger partial charge in [-0.05, 0) is 36.1 Å². The summed E-state index contributed by atoms with van der Waals surface area (Å²) in [7, 11) is 0.364. The van der Waals surface area contributed by atoms with E-state index in [1.54, 1.807) is 12.1 Å². The van der Waals surface area contributed by atoms with Gasteiger partial charge in [-0.15, -0.1) is 0 Å². The van der Waals surface area contributed by atoms with Gasteiger partial charge < -0.3 is 14.2 Å². The quantitative estimate of drug-likeness (QED) is 0.718. The summed E-state index contributed by atoms with van der Waals surface area (Å²) >= 11 is 6.09. The van der Waals surface area contributed by atoms with Crippen molar-refractivity contribution >= 4 is 27.3 Å². The fourth-order valence-electron chi connectivity index (χ4n) is 2.81. The molecule has 0 aliphatic rings. The molecular formula is C19H24ClNO5S. The van der Waals surface area contributed by atoms with Crippen molar-refractivity contribution in [2.75, 3.05) is 26.1 Å². The lowest BCUT2D eigenvalue weighted by molar-refractivity contribution is 0.402. The largest absolute Gasteiger partial charge is 0.495 e. The fourth-order valence-corrected chi connectivity index (χ4v) is 4.29. The molecule has 0 heterocycles. The Labute approximate surface area is 165 Å². The molecule has 0 saturated carbocycles. The highest BCUT2D eigenvalue weighted by atomic mass is 35.5. The number of halogens is 1. The van der Waals surface area contributed by atoms with E-state index in [9.17, 15) is 8.42 Å². The van der Waals surface area contributed by atoms with E-state index < -0.39 is 10.0 Å². The Morgan fingerprint density at radius 2 is 1.52 bits per heavy atom. The summed E-state index contributed by atoms with van der Waals surface area (Å²) in [6.45, 7) is 5.94. The molecule has 6 nitrogen and oxygen atoms in total. The highest BCUT2D eigenvalue weighted by Gasteiger charge is 2.24. The highest BCUT2D eigenvalue weighted by Crippen LogP contribution is 2.38. The Bertz CT molecular complexity index is 942. The van der Waals surface area contributed by atoms with Crippen LogP contribution in [0.25, 0.3) is 0 Å². The smallest absolute Gasteiger partial charge is 0.265 e. The lowest BCUT2D eigenvalue weighted by Crippen LogP contribution is -2.16. The molecule has 1 N–H and O–H groups in total. The van der Waals surface area contributed by atoms with Gasteiger partial charge in [0.1, 0.15) is 22.1 Å². The molecule has 2 rings (SSSR count). The second kappa shape index (κ2) is 8.27. The first-order valence-electron chi connectivity index (χ1n) is 8.27. The van der Waals surface area contributed by atoms with Gasteiger partial charge in [0, 0.05) is 12.1 Å². The summed E-state index contributed by atoms with van der Waals surface area (Å²) in [5, 5.41) is 0.312. The lowest BCUT2D eigenvalue weighted by atomic mass is 9.98. The minimum absolute atomic E-state index is 0.0512. The van der Waals surface area contributed by atoms with Crippen molar-refractivity contribution in [1.29, 1.82) is 0 Å². The van der Waals surface area contributed by atoms with Gasteiger partial charge in [0.05, 0.1) is 32.0 Å². The monoisotopic (exact) mass is 413 g/mol. The van der Waals surface area contributed by atoms with Gasteiger partial charge >= 0.3 is 0 Å². The SMILES string of the molecule is COc1cc(NS(=O)(=O)c2cc(C(C)C)c(C)cc2OC)c(OC)cc1Cl. The molecule has 2 aromatic rings. The normalized spacial score (nSPS) is 11.4. The predicted octanol–water partition coefficient (Wildman–Crippen LogP) is 4.60. The van der Waals surface area contributed by atoms with Crippen molar-refractivity contribution in [2.45, 2.75) is 31.6 Å². The first-order chi connectivity index (χ1) is 12.6. The number of ether oxygens (including phenoxy) is 3. The topological polar surface area (TPSA) is 73.9 Å². The molecule has 0 bridgehead atoms. The molecule has 0 atom stereocenters. The van der Waals surface area contributed by atoms with Crippen LogP contribution in [0.5, 0.6) is 17.2 Å². The van der Waals surface area contributed by atoms with Crippen LogP contribution < -0.4 is 18.9 Å². The Morgan fingerprint density at radius 3 is 2.04 bits per heavy atom. The minimum atomic E-state index is -3.95. The summed E-state index contributed by atoms with van der Waals surface area (Å²) in [5.74, 6) is 1.03. The molecule has 0 saturated heterocycles. The second-order valence-electron chi connectivity index (χ2n) is 6.31. The van der Waals surface area contributed by atoms with E-state index >= 15 is 0 Å². The lowest BCUT2D eigenvalue weighted by Gasteiger charge is -2.18. The van der Waals surface area contributed by atoms with Gasteiger partial charge in [-0.2, -0.15) is 0 Å². The van der Waals surface area contributed by atoms with Crippen molar-refractivity contribution in [3.63, 3.8) is 0 Å². The van der Waals surface area contributed by atoms with E-state index in [2.05, 4.69) is 4.72 Å². The first-order valence-corrected chi connectivity index (χ1v) is 10.1. The summed E-state index contributed by atoms with van der Waals surface area (Å²) in [6, 6.07) is 6.33. The van der Waals surface area contributed by atoms with Gasteiger partial charge in [-0.1, -0.05) is 25.4 Å². The molecule has 0 amide bonds. The molecule has 0 aliphatic heterocycles. The third kappa shape index (κ3) is 4.42. The summed E-state index contributed by atoms with van der Waals surface area (Å²) in [4.78, 5) is 0.0512. The molecule has 2 aromatic carbocycles. The average molecular weight is 414 g/mol. The Kier molecular flexibility index (Phi) is 6.49. The van der Waals surface area contributed by atoms with E-state index in [0.717, 1.165) is 11.1 Å². The molecule has 27 heavy (non-hydrogen) atoms.